The second kappa shape index (κ2) is 5.88. The number of amides is 1. The van der Waals surface area contributed by atoms with Crippen molar-refractivity contribution in [2.24, 2.45) is 11.8 Å². The molecule has 0 aromatic heterocycles. The van der Waals surface area contributed by atoms with E-state index in [1.807, 2.05) is 0 Å². The number of benzene rings is 1. The summed E-state index contributed by atoms with van der Waals surface area (Å²) in [7, 11) is 0. The summed E-state index contributed by atoms with van der Waals surface area (Å²) in [6.07, 6.45) is 3.38. The van der Waals surface area contributed by atoms with Gasteiger partial charge in [-0.25, -0.2) is 0 Å². The lowest BCUT2D eigenvalue weighted by Gasteiger charge is -2.31. The Morgan fingerprint density at radius 2 is 1.74 bits per heavy atom. The summed E-state index contributed by atoms with van der Waals surface area (Å²) in [6, 6.07) is 9.12. The molecule has 1 N–H and O–H groups in total. The number of rotatable bonds is 2. The van der Waals surface area contributed by atoms with E-state index >= 15 is 0 Å². The molecule has 2 atom stereocenters. The second-order valence-electron chi connectivity index (χ2n) is 5.78. The lowest BCUT2D eigenvalue weighted by Crippen LogP contribution is -2.40. The highest BCUT2D eigenvalue weighted by molar-refractivity contribution is 5.94. The van der Waals surface area contributed by atoms with Gasteiger partial charge in [0.1, 0.15) is 0 Å². The van der Waals surface area contributed by atoms with Gasteiger partial charge in [-0.3, -0.25) is 4.79 Å². The monoisotopic (exact) mass is 256 g/mol. The van der Waals surface area contributed by atoms with Gasteiger partial charge in [0.15, 0.2) is 0 Å². The summed E-state index contributed by atoms with van der Waals surface area (Å²) in [5.41, 5.74) is 1.21. The fraction of sp³-hybridized carbons (Fsp3) is 0.500. The zero-order chi connectivity index (χ0) is 13.8. The molecule has 2 rings (SSSR count). The fourth-order valence-corrected chi connectivity index (χ4v) is 3.03. The number of carbonyl (C=O) groups excluding carboxylic acids is 1. The van der Waals surface area contributed by atoms with Gasteiger partial charge in [0.05, 0.1) is 11.6 Å². The normalized spacial score (nSPS) is 26.5. The topological polar surface area (TPSA) is 52.9 Å². The lowest BCUT2D eigenvalue weighted by atomic mass is 9.80. The summed E-state index contributed by atoms with van der Waals surface area (Å²) in [4.78, 5) is 12.1. The Morgan fingerprint density at radius 3 is 2.26 bits per heavy atom. The zero-order valence-corrected chi connectivity index (χ0v) is 11.5. The average Bonchev–Trinajstić information content (AvgIpc) is 2.37. The molecule has 1 amide bonds. The van der Waals surface area contributed by atoms with Crippen molar-refractivity contribution in [1.29, 1.82) is 5.26 Å². The third kappa shape index (κ3) is 3.57. The van der Waals surface area contributed by atoms with Crippen LogP contribution >= 0.6 is 0 Å². The quantitative estimate of drug-likeness (QED) is 0.884. The van der Waals surface area contributed by atoms with Crippen LogP contribution in [0.3, 0.4) is 0 Å². The van der Waals surface area contributed by atoms with Crippen LogP contribution in [0.5, 0.6) is 0 Å². The van der Waals surface area contributed by atoms with Crippen molar-refractivity contribution in [3.8, 4) is 6.07 Å². The Balaban J connectivity index is 1.98. The molecular formula is C16H20N2O. The maximum absolute atomic E-state index is 12.1. The fourth-order valence-electron chi connectivity index (χ4n) is 3.03. The van der Waals surface area contributed by atoms with Crippen LogP contribution in [0.25, 0.3) is 0 Å². The van der Waals surface area contributed by atoms with Gasteiger partial charge in [0, 0.05) is 11.6 Å². The van der Waals surface area contributed by atoms with Crippen LogP contribution in [0.2, 0.25) is 0 Å². The van der Waals surface area contributed by atoms with Crippen molar-refractivity contribution in [1.82, 2.24) is 5.32 Å². The van der Waals surface area contributed by atoms with Crippen LogP contribution in [-0.4, -0.2) is 11.9 Å². The minimum absolute atomic E-state index is 0.0317. The molecule has 0 spiro atoms. The summed E-state index contributed by atoms with van der Waals surface area (Å²) in [6.45, 7) is 4.49. The van der Waals surface area contributed by atoms with Crippen molar-refractivity contribution < 1.29 is 4.79 Å². The average molecular weight is 256 g/mol. The molecule has 100 valence electrons. The maximum atomic E-state index is 12.1. The molecule has 0 saturated heterocycles. The van der Waals surface area contributed by atoms with Crippen molar-refractivity contribution in [3.63, 3.8) is 0 Å². The van der Waals surface area contributed by atoms with E-state index in [2.05, 4.69) is 25.2 Å². The number of nitrogens with one attached hydrogen (secondary N) is 1. The Kier molecular flexibility index (Phi) is 4.21. The van der Waals surface area contributed by atoms with Gasteiger partial charge in [-0.2, -0.15) is 5.26 Å². The van der Waals surface area contributed by atoms with E-state index < -0.39 is 0 Å². The van der Waals surface area contributed by atoms with E-state index in [-0.39, 0.29) is 11.9 Å². The molecule has 1 aromatic rings. The van der Waals surface area contributed by atoms with Gasteiger partial charge in [0.2, 0.25) is 0 Å². The first-order valence-electron chi connectivity index (χ1n) is 6.89. The van der Waals surface area contributed by atoms with Crippen LogP contribution in [0, 0.1) is 23.2 Å². The number of nitrogens with zero attached hydrogens (tertiary/aromatic N) is 1. The Bertz CT molecular complexity index is 476. The van der Waals surface area contributed by atoms with Crippen LogP contribution in [-0.2, 0) is 0 Å². The first-order valence-corrected chi connectivity index (χ1v) is 6.89. The Morgan fingerprint density at radius 1 is 1.16 bits per heavy atom. The molecule has 19 heavy (non-hydrogen) atoms. The number of carbonyl (C=O) groups is 1. The largest absolute Gasteiger partial charge is 0.349 e. The molecule has 1 saturated carbocycles. The van der Waals surface area contributed by atoms with Crippen LogP contribution < -0.4 is 5.32 Å². The molecule has 1 aliphatic carbocycles. The molecule has 1 aliphatic rings. The van der Waals surface area contributed by atoms with Crippen LogP contribution in [0.15, 0.2) is 24.3 Å². The van der Waals surface area contributed by atoms with E-state index in [1.54, 1.807) is 24.3 Å². The van der Waals surface area contributed by atoms with Gasteiger partial charge in [0.25, 0.3) is 5.91 Å². The predicted octanol–water partition coefficient (Wildman–Crippen LogP) is 3.11. The third-order valence-electron chi connectivity index (χ3n) is 3.79. The molecule has 1 aromatic carbocycles. The highest BCUT2D eigenvalue weighted by Crippen LogP contribution is 2.28. The molecule has 0 aliphatic heterocycles. The summed E-state index contributed by atoms with van der Waals surface area (Å²) in [5.74, 6) is 1.32. The highest BCUT2D eigenvalue weighted by atomic mass is 16.1. The molecule has 1 fully saturated rings. The molecule has 0 radical (unpaired) electrons. The van der Waals surface area contributed by atoms with Crippen molar-refractivity contribution in [2.75, 3.05) is 0 Å². The minimum Gasteiger partial charge on any atom is -0.349 e. The smallest absolute Gasteiger partial charge is 0.251 e. The Hall–Kier alpha value is -1.82. The van der Waals surface area contributed by atoms with E-state index in [9.17, 15) is 4.79 Å². The lowest BCUT2D eigenvalue weighted by molar-refractivity contribution is 0.0911. The first kappa shape index (κ1) is 13.6. The second-order valence-corrected chi connectivity index (χ2v) is 5.78. The molecule has 3 heteroatoms. The number of nitriles is 1. The summed E-state index contributed by atoms with van der Waals surface area (Å²) in [5, 5.41) is 11.8. The molecule has 0 bridgehead atoms. The molecular weight excluding hydrogens is 236 g/mol. The molecule has 0 heterocycles. The number of hydrogen-bond donors (Lipinski definition) is 1. The van der Waals surface area contributed by atoms with E-state index in [0.29, 0.717) is 23.0 Å². The van der Waals surface area contributed by atoms with Crippen molar-refractivity contribution in [2.45, 2.75) is 39.2 Å². The van der Waals surface area contributed by atoms with Crippen LogP contribution in [0.1, 0.15) is 49.0 Å². The molecule has 2 unspecified atom stereocenters. The van der Waals surface area contributed by atoms with E-state index in [4.69, 9.17) is 5.26 Å². The highest BCUT2D eigenvalue weighted by Gasteiger charge is 2.25. The minimum atomic E-state index is -0.0317. The van der Waals surface area contributed by atoms with E-state index in [0.717, 1.165) is 12.8 Å². The Labute approximate surface area is 114 Å². The maximum Gasteiger partial charge on any atom is 0.251 e. The standard InChI is InChI=1S/C16H20N2O/c1-11-7-12(2)9-15(8-11)18-16(19)14-5-3-13(10-17)4-6-14/h3-6,11-12,15H,7-9H2,1-2H3,(H,18,19). The van der Waals surface area contributed by atoms with Gasteiger partial charge in [-0.1, -0.05) is 13.8 Å². The SMILES string of the molecule is CC1CC(C)CC(NC(=O)c2ccc(C#N)cc2)C1. The van der Waals surface area contributed by atoms with Crippen molar-refractivity contribution >= 4 is 5.91 Å². The van der Waals surface area contributed by atoms with Gasteiger partial charge < -0.3 is 5.32 Å². The summed E-state index contributed by atoms with van der Waals surface area (Å²) >= 11 is 0. The van der Waals surface area contributed by atoms with Gasteiger partial charge in [-0.15, -0.1) is 0 Å². The van der Waals surface area contributed by atoms with Gasteiger partial charge in [-0.05, 0) is 55.4 Å². The van der Waals surface area contributed by atoms with Crippen LogP contribution in [0.4, 0.5) is 0 Å². The predicted molar refractivity (Wildman–Crippen MR) is 74.6 cm³/mol. The first-order chi connectivity index (χ1) is 9.08. The zero-order valence-electron chi connectivity index (χ0n) is 11.5. The van der Waals surface area contributed by atoms with Gasteiger partial charge >= 0.3 is 0 Å². The number of hydrogen-bond acceptors (Lipinski definition) is 2. The third-order valence-corrected chi connectivity index (χ3v) is 3.79. The molecule has 3 nitrogen and oxygen atoms in total. The summed E-state index contributed by atoms with van der Waals surface area (Å²) < 4.78 is 0. The van der Waals surface area contributed by atoms with E-state index in [1.165, 1.54) is 6.42 Å². The van der Waals surface area contributed by atoms with Crippen molar-refractivity contribution in [3.05, 3.63) is 35.4 Å².